The Labute approximate surface area is 138 Å². The molecule has 0 aromatic carbocycles. The van der Waals surface area contributed by atoms with E-state index in [9.17, 15) is 10.5 Å². The van der Waals surface area contributed by atoms with Crippen molar-refractivity contribution in [1.29, 1.82) is 10.5 Å². The van der Waals surface area contributed by atoms with Gasteiger partial charge in [0.25, 0.3) is 5.84 Å². The second-order valence-electron chi connectivity index (χ2n) is 6.58. The summed E-state index contributed by atoms with van der Waals surface area (Å²) in [7, 11) is 2.97. The van der Waals surface area contributed by atoms with Crippen molar-refractivity contribution in [3.63, 3.8) is 0 Å². The molecule has 2 aliphatic rings. The monoisotopic (exact) mass is 319 g/mol. The van der Waals surface area contributed by atoms with Gasteiger partial charge in [-0.2, -0.15) is 10.5 Å². The standard InChI is InChI=1S/C17H26N4O2/c1-5-7-9-14(10-8-6-2)15(11-18)13(20)21-17(22-3,23-4)16(14,15)12-19/h5-10H2,1-4H3,(H2,20,21)/p+1/t15-,16+/m1/s1. The summed E-state index contributed by atoms with van der Waals surface area (Å²) < 4.78 is 11.2. The van der Waals surface area contributed by atoms with Gasteiger partial charge in [-0.1, -0.05) is 39.5 Å². The summed E-state index contributed by atoms with van der Waals surface area (Å²) >= 11 is 0. The fourth-order valence-electron chi connectivity index (χ4n) is 4.92. The third kappa shape index (κ3) is 1.61. The molecule has 2 atom stereocenters. The Hall–Kier alpha value is -1.63. The van der Waals surface area contributed by atoms with Crippen LogP contribution in [0.5, 0.6) is 0 Å². The Morgan fingerprint density at radius 3 is 1.91 bits per heavy atom. The van der Waals surface area contributed by atoms with Gasteiger partial charge in [-0.15, -0.1) is 0 Å². The van der Waals surface area contributed by atoms with E-state index in [0.717, 1.165) is 38.5 Å². The first-order valence-corrected chi connectivity index (χ1v) is 8.33. The maximum atomic E-state index is 10.1. The minimum Gasteiger partial charge on any atom is -0.317 e. The molecule has 0 saturated heterocycles. The molecule has 3 N–H and O–H groups in total. The molecule has 2 rings (SSSR count). The molecule has 1 aliphatic carbocycles. The summed E-state index contributed by atoms with van der Waals surface area (Å²) in [6.45, 7) is 4.21. The first kappa shape index (κ1) is 17.7. The number of nitriles is 2. The second kappa shape index (κ2) is 5.78. The van der Waals surface area contributed by atoms with Crippen molar-refractivity contribution < 1.29 is 14.5 Å². The van der Waals surface area contributed by atoms with Crippen molar-refractivity contribution in [3.05, 3.63) is 0 Å². The molecule has 1 fully saturated rings. The first-order chi connectivity index (χ1) is 11.0. The van der Waals surface area contributed by atoms with Gasteiger partial charge >= 0.3 is 5.91 Å². The largest absolute Gasteiger partial charge is 0.342 e. The minimum atomic E-state index is -1.37. The first-order valence-electron chi connectivity index (χ1n) is 8.33. The van der Waals surface area contributed by atoms with Crippen LogP contribution in [-0.2, 0) is 9.47 Å². The van der Waals surface area contributed by atoms with E-state index in [1.807, 2.05) is 0 Å². The van der Waals surface area contributed by atoms with Crippen LogP contribution in [0.2, 0.25) is 0 Å². The Morgan fingerprint density at radius 1 is 1.04 bits per heavy atom. The molecule has 1 aliphatic heterocycles. The number of hydrogen-bond donors (Lipinski definition) is 2. The lowest BCUT2D eigenvalue weighted by molar-refractivity contribution is -0.690. The molecule has 0 amide bonds. The molecule has 1 saturated carbocycles. The number of nitrogens with one attached hydrogen (secondary N) is 1. The summed E-state index contributed by atoms with van der Waals surface area (Å²) in [4.78, 5) is 2.96. The highest BCUT2D eigenvalue weighted by molar-refractivity contribution is 5.94. The lowest BCUT2D eigenvalue weighted by Crippen LogP contribution is -2.91. The number of nitrogens with zero attached hydrogens (tertiary/aromatic N) is 2. The van der Waals surface area contributed by atoms with Gasteiger partial charge in [0.05, 0.1) is 12.1 Å². The number of fused-ring (bicyclic) bond motifs is 1. The van der Waals surface area contributed by atoms with Crippen LogP contribution in [-0.4, -0.2) is 26.0 Å². The topological polar surface area (TPSA) is 106 Å². The lowest BCUT2D eigenvalue weighted by Gasteiger charge is -2.31. The molecule has 0 radical (unpaired) electrons. The van der Waals surface area contributed by atoms with Crippen molar-refractivity contribution in [2.24, 2.45) is 22.0 Å². The van der Waals surface area contributed by atoms with E-state index in [0.29, 0.717) is 5.84 Å². The lowest BCUT2D eigenvalue weighted by atomic mass is 9.80. The Balaban J connectivity index is 2.67. The normalized spacial score (nSPS) is 32.5. The maximum absolute atomic E-state index is 10.1. The number of nitrogens with two attached hydrogens (primary N) is 1. The zero-order chi connectivity index (χ0) is 17.4. The number of unbranched alkanes of at least 4 members (excludes halogenated alkanes) is 2. The molecule has 0 aromatic heterocycles. The summed E-state index contributed by atoms with van der Waals surface area (Å²) in [6, 6.07) is 4.78. The fourth-order valence-corrected chi connectivity index (χ4v) is 4.92. The smallest absolute Gasteiger partial charge is 0.317 e. The van der Waals surface area contributed by atoms with E-state index in [1.54, 1.807) is 0 Å². The predicted octanol–water partition coefficient (Wildman–Crippen LogP) is 0.785. The van der Waals surface area contributed by atoms with Crippen molar-refractivity contribution in [1.82, 2.24) is 0 Å². The molecule has 6 heteroatoms. The van der Waals surface area contributed by atoms with Crippen LogP contribution >= 0.6 is 0 Å². The zero-order valence-electron chi connectivity index (χ0n) is 14.5. The molecule has 126 valence electrons. The number of ether oxygens (including phenoxy) is 2. The van der Waals surface area contributed by atoms with E-state index in [4.69, 9.17) is 15.2 Å². The van der Waals surface area contributed by atoms with E-state index >= 15 is 0 Å². The molecule has 0 spiro atoms. The van der Waals surface area contributed by atoms with Crippen LogP contribution in [0.15, 0.2) is 0 Å². The highest BCUT2D eigenvalue weighted by atomic mass is 16.7. The number of methoxy groups -OCH3 is 2. The highest BCUT2D eigenvalue weighted by Crippen LogP contribution is 2.85. The molecule has 0 aromatic rings. The van der Waals surface area contributed by atoms with Crippen LogP contribution in [0, 0.1) is 38.9 Å². The number of hydrogen-bond acceptors (Lipinski definition) is 5. The molecule has 23 heavy (non-hydrogen) atoms. The van der Waals surface area contributed by atoms with Gasteiger partial charge in [0.1, 0.15) is 0 Å². The Kier molecular flexibility index (Phi) is 4.45. The number of rotatable bonds is 8. The zero-order valence-corrected chi connectivity index (χ0v) is 14.5. The summed E-state index contributed by atoms with van der Waals surface area (Å²) in [5.41, 5.74) is 3.52. The average molecular weight is 319 g/mol. The molecule has 1 heterocycles. The van der Waals surface area contributed by atoms with E-state index in [-0.39, 0.29) is 0 Å². The van der Waals surface area contributed by atoms with Crippen LogP contribution in [0.1, 0.15) is 52.4 Å². The summed E-state index contributed by atoms with van der Waals surface area (Å²) in [5, 5.41) is 20.2. The third-order valence-electron chi connectivity index (χ3n) is 5.96. The van der Waals surface area contributed by atoms with Gasteiger partial charge in [0, 0.05) is 19.6 Å². The van der Waals surface area contributed by atoms with Crippen molar-refractivity contribution in [2.45, 2.75) is 58.3 Å². The fraction of sp³-hybridized carbons (Fsp3) is 0.824. The Morgan fingerprint density at radius 2 is 1.57 bits per heavy atom. The SMILES string of the molecule is CCCCC1(CCCC)[C@]2(C#N)C(OC)(OC)[NH+]=C(N)[C@]12C#N. The van der Waals surface area contributed by atoms with Gasteiger partial charge in [-0.25, -0.2) is 4.99 Å². The minimum absolute atomic E-state index is 0.303. The quantitative estimate of drug-likeness (QED) is 0.643. The summed E-state index contributed by atoms with van der Waals surface area (Å²) in [6.07, 6.45) is 5.40. The molecule has 0 bridgehead atoms. The van der Waals surface area contributed by atoms with Crippen LogP contribution in [0.25, 0.3) is 0 Å². The van der Waals surface area contributed by atoms with Gasteiger partial charge in [0.2, 0.25) is 0 Å². The van der Waals surface area contributed by atoms with Crippen LogP contribution in [0.3, 0.4) is 0 Å². The van der Waals surface area contributed by atoms with Gasteiger partial charge in [0.15, 0.2) is 10.8 Å². The molecule has 0 unspecified atom stereocenters. The summed E-state index contributed by atoms with van der Waals surface area (Å²) in [5.74, 6) is -1.07. The molecule has 6 nitrogen and oxygen atoms in total. The van der Waals surface area contributed by atoms with E-state index in [2.05, 4.69) is 31.0 Å². The van der Waals surface area contributed by atoms with Gasteiger partial charge in [-0.05, 0) is 12.8 Å². The predicted molar refractivity (Wildman–Crippen MR) is 84.5 cm³/mol. The van der Waals surface area contributed by atoms with Crippen molar-refractivity contribution >= 4 is 5.84 Å². The van der Waals surface area contributed by atoms with Crippen molar-refractivity contribution in [3.8, 4) is 12.1 Å². The van der Waals surface area contributed by atoms with Crippen LogP contribution in [0.4, 0.5) is 0 Å². The maximum Gasteiger partial charge on any atom is 0.342 e. The highest BCUT2D eigenvalue weighted by Gasteiger charge is 3.02. The van der Waals surface area contributed by atoms with E-state index in [1.165, 1.54) is 14.2 Å². The van der Waals surface area contributed by atoms with Crippen LogP contribution < -0.4 is 10.7 Å². The number of amidine groups is 1. The third-order valence-corrected chi connectivity index (χ3v) is 5.96. The second-order valence-corrected chi connectivity index (χ2v) is 6.58. The van der Waals surface area contributed by atoms with Crippen molar-refractivity contribution in [2.75, 3.05) is 14.2 Å². The van der Waals surface area contributed by atoms with Gasteiger partial charge < -0.3 is 9.47 Å². The van der Waals surface area contributed by atoms with Gasteiger partial charge in [-0.3, -0.25) is 5.73 Å². The molecular formula is C17H27N4O2+. The van der Waals surface area contributed by atoms with E-state index < -0.39 is 22.2 Å². The Bertz CT molecular complexity index is 576. The molecular weight excluding hydrogens is 292 g/mol. The average Bonchev–Trinajstić information content (AvgIpc) is 3.03.